The largest absolute Gasteiger partial charge is 0.859 e. The maximum atomic E-state index is 12.1. The lowest BCUT2D eigenvalue weighted by atomic mass is 9.82. The lowest BCUT2D eigenvalue weighted by Crippen LogP contribution is -2.39. The molecule has 0 amide bonds. The van der Waals surface area contributed by atoms with Crippen molar-refractivity contribution in [3.8, 4) is 0 Å². The Labute approximate surface area is 137 Å². The second-order valence-electron chi connectivity index (χ2n) is 5.42. The van der Waals surface area contributed by atoms with E-state index >= 15 is 0 Å². The van der Waals surface area contributed by atoms with Crippen LogP contribution in [-0.4, -0.2) is 55.0 Å². The van der Waals surface area contributed by atoms with Crippen LogP contribution >= 0.6 is 11.8 Å². The predicted octanol–water partition coefficient (Wildman–Crippen LogP) is -0.816. The molecule has 24 heavy (non-hydrogen) atoms. The molecule has 5 unspecified atom stereocenters. The predicted molar refractivity (Wildman–Crippen MR) is 70.0 cm³/mol. The Morgan fingerprint density at radius 1 is 1.46 bits per heavy atom. The summed E-state index contributed by atoms with van der Waals surface area (Å²) in [6.07, 6.45) is -0.268. The van der Waals surface area contributed by atoms with Crippen molar-refractivity contribution in [2.45, 2.75) is 28.5 Å². The summed E-state index contributed by atoms with van der Waals surface area (Å²) in [6, 6.07) is 0. The van der Waals surface area contributed by atoms with Crippen molar-refractivity contribution in [1.29, 1.82) is 0 Å². The molecule has 3 heterocycles. The fourth-order valence-corrected chi connectivity index (χ4v) is 5.38. The van der Waals surface area contributed by atoms with Crippen LogP contribution in [0, 0.1) is 11.8 Å². The van der Waals surface area contributed by atoms with Crippen molar-refractivity contribution in [3.05, 3.63) is 0 Å². The molecule has 0 aromatic rings. The summed E-state index contributed by atoms with van der Waals surface area (Å²) in [5, 5.41) is 10.8. The summed E-state index contributed by atoms with van der Waals surface area (Å²) >= 11 is 1.40. The van der Waals surface area contributed by atoms with E-state index in [1.807, 2.05) is 4.40 Å². The Hall–Kier alpha value is -1.50. The fraction of sp³-hybridized carbons (Fsp3) is 0.727. The second kappa shape index (κ2) is 5.51. The third-order valence-corrected chi connectivity index (χ3v) is 6.75. The average molecular weight is 388 g/mol. The van der Waals surface area contributed by atoms with Crippen molar-refractivity contribution in [2.24, 2.45) is 16.2 Å². The lowest BCUT2D eigenvalue weighted by molar-refractivity contribution is -0.223. The van der Waals surface area contributed by atoms with Gasteiger partial charge in [0.1, 0.15) is 18.6 Å². The number of halogens is 3. The molecule has 0 aromatic heterocycles. The van der Waals surface area contributed by atoms with E-state index < -0.39 is 52.0 Å². The van der Waals surface area contributed by atoms with Gasteiger partial charge >= 0.3 is 27.5 Å². The molecular formula is C11H9F3NO7S2-. The number of ether oxygens (including phenoxy) is 2. The molecule has 0 radical (unpaired) electrons. The average Bonchev–Trinajstić information content (AvgIpc) is 3.05. The van der Waals surface area contributed by atoms with E-state index in [1.165, 1.54) is 11.8 Å². The summed E-state index contributed by atoms with van der Waals surface area (Å²) in [6.45, 7) is -1.24. The molecule has 3 aliphatic heterocycles. The number of carbonyl (C=O) groups excluding carboxylic acids is 2. The minimum Gasteiger partial charge on any atom is -0.859 e. The Bertz CT molecular complexity index is 720. The van der Waals surface area contributed by atoms with E-state index in [9.17, 15) is 36.3 Å². The first-order valence-electron chi connectivity index (χ1n) is 6.61. The highest BCUT2D eigenvalue weighted by Gasteiger charge is 2.65. The third kappa shape index (κ3) is 2.72. The molecule has 0 aliphatic carbocycles. The summed E-state index contributed by atoms with van der Waals surface area (Å²) in [4.78, 5) is 23.6. The topological polar surface area (TPSA) is 122 Å². The highest BCUT2D eigenvalue weighted by molar-refractivity contribution is 8.01. The molecule has 0 N–H and O–H groups in total. The van der Waals surface area contributed by atoms with Gasteiger partial charge in [0.25, 0.3) is 0 Å². The number of hydrogen-bond donors (Lipinski definition) is 0. The number of rotatable bonds is 4. The van der Waals surface area contributed by atoms with Crippen molar-refractivity contribution in [2.75, 3.05) is 6.61 Å². The number of hydrogen-bond acceptors (Lipinski definition) is 8. The zero-order valence-corrected chi connectivity index (χ0v) is 13.2. The number of nitrogens with zero attached hydrogens (tertiary/aromatic N) is 1. The van der Waals surface area contributed by atoms with Gasteiger partial charge in [-0.1, -0.05) is 0 Å². The first-order valence-corrected chi connectivity index (χ1v) is 8.99. The molecule has 134 valence electrons. The van der Waals surface area contributed by atoms with Gasteiger partial charge in [-0.2, -0.15) is 26.0 Å². The quantitative estimate of drug-likeness (QED) is 0.348. The Kier molecular flexibility index (Phi) is 3.98. The van der Waals surface area contributed by atoms with Crippen LogP contribution in [0.15, 0.2) is 4.40 Å². The van der Waals surface area contributed by atoms with Gasteiger partial charge < -0.3 is 14.6 Å². The minimum absolute atomic E-state index is 0.175. The highest BCUT2D eigenvalue weighted by atomic mass is 32.2. The summed E-state index contributed by atoms with van der Waals surface area (Å²) in [7, 11) is -5.98. The van der Waals surface area contributed by atoms with E-state index in [-0.39, 0.29) is 16.4 Å². The fourth-order valence-electron chi connectivity index (χ4n) is 3.01. The van der Waals surface area contributed by atoms with Gasteiger partial charge in [-0.15, -0.1) is 11.8 Å². The van der Waals surface area contributed by atoms with Gasteiger partial charge in [0.15, 0.2) is 0 Å². The van der Waals surface area contributed by atoms with Crippen LogP contribution in [0.4, 0.5) is 13.2 Å². The standard InChI is InChI=1S/C11H10F3NO7S2/c12-11(13,14)24(19,20)15-5(16)2-21-10(18)6-4-1-3-8(23-4)7(6)22-9(3)17/h3-4,6-8H,1-2H2,(H,15,16)/p-1. The number of sulfonamides is 1. The number of carbonyl (C=O) groups is 2. The van der Waals surface area contributed by atoms with Crippen LogP contribution in [-0.2, 0) is 29.1 Å². The third-order valence-electron chi connectivity index (χ3n) is 3.97. The van der Waals surface area contributed by atoms with Gasteiger partial charge in [0.2, 0.25) is 0 Å². The Balaban J connectivity index is 1.62. The van der Waals surface area contributed by atoms with Crippen molar-refractivity contribution < 1.29 is 45.8 Å². The first kappa shape index (κ1) is 17.3. The van der Waals surface area contributed by atoms with Crippen LogP contribution in [0.3, 0.4) is 0 Å². The number of fused-ring (bicyclic) bond motifs is 1. The molecule has 5 atom stereocenters. The van der Waals surface area contributed by atoms with Crippen molar-refractivity contribution >= 4 is 39.6 Å². The molecule has 3 fully saturated rings. The van der Waals surface area contributed by atoms with Crippen molar-refractivity contribution in [1.82, 2.24) is 0 Å². The molecule has 0 saturated carbocycles. The van der Waals surface area contributed by atoms with E-state index in [0.29, 0.717) is 6.42 Å². The summed E-state index contributed by atoms with van der Waals surface area (Å²) in [5.41, 5.74) is -5.71. The zero-order valence-electron chi connectivity index (χ0n) is 11.6. The van der Waals surface area contributed by atoms with Crippen LogP contribution in [0.25, 0.3) is 0 Å². The smallest absolute Gasteiger partial charge is 0.518 e. The highest BCUT2D eigenvalue weighted by Crippen LogP contribution is 2.57. The van der Waals surface area contributed by atoms with Crippen LogP contribution in [0.2, 0.25) is 0 Å². The number of thioether (sulfide) groups is 1. The summed E-state index contributed by atoms with van der Waals surface area (Å²) < 4.78 is 69.3. The van der Waals surface area contributed by atoms with Gasteiger partial charge in [-0.05, 0) is 6.42 Å². The summed E-state index contributed by atoms with van der Waals surface area (Å²) in [5.74, 6) is -4.19. The maximum Gasteiger partial charge on any atom is 0.518 e. The Morgan fingerprint density at radius 3 is 2.75 bits per heavy atom. The zero-order chi connectivity index (χ0) is 17.9. The van der Waals surface area contributed by atoms with E-state index in [1.54, 1.807) is 0 Å². The van der Waals surface area contributed by atoms with E-state index in [0.717, 1.165) is 0 Å². The SMILES string of the molecule is O=C1OC2C3SC(CC13)C2C(=O)OC/C([O-])=N/S(=O)(=O)C(F)(F)F. The monoisotopic (exact) mass is 388 g/mol. The van der Waals surface area contributed by atoms with Gasteiger partial charge in [0.05, 0.1) is 11.2 Å². The molecule has 0 spiro atoms. The maximum absolute atomic E-state index is 12.1. The number of esters is 2. The Morgan fingerprint density at radius 2 is 2.12 bits per heavy atom. The molecule has 13 heteroatoms. The molecular weight excluding hydrogens is 379 g/mol. The van der Waals surface area contributed by atoms with Crippen molar-refractivity contribution in [3.63, 3.8) is 0 Å². The molecule has 3 rings (SSSR count). The van der Waals surface area contributed by atoms with Crippen LogP contribution in [0.5, 0.6) is 0 Å². The minimum atomic E-state index is -5.98. The van der Waals surface area contributed by atoms with E-state index in [2.05, 4.69) is 4.74 Å². The second-order valence-corrected chi connectivity index (χ2v) is 8.44. The molecule has 3 aliphatic rings. The molecule has 8 nitrogen and oxygen atoms in total. The molecule has 2 bridgehead atoms. The van der Waals surface area contributed by atoms with Gasteiger partial charge in [-0.3, -0.25) is 9.59 Å². The number of alkyl halides is 3. The molecule has 0 aromatic carbocycles. The van der Waals surface area contributed by atoms with Gasteiger partial charge in [0, 0.05) is 11.1 Å². The molecule has 3 saturated heterocycles. The lowest BCUT2D eigenvalue weighted by Gasteiger charge is -2.22. The normalized spacial score (nSPS) is 35.2. The first-order chi connectivity index (χ1) is 11.0. The van der Waals surface area contributed by atoms with Gasteiger partial charge in [-0.25, -0.2) is 0 Å². The van der Waals surface area contributed by atoms with Crippen LogP contribution < -0.4 is 5.11 Å². The van der Waals surface area contributed by atoms with Crippen LogP contribution in [0.1, 0.15) is 6.42 Å². The van der Waals surface area contributed by atoms with E-state index in [4.69, 9.17) is 4.74 Å².